The van der Waals surface area contributed by atoms with Crippen LogP contribution in [0.4, 0.5) is 0 Å². The van der Waals surface area contributed by atoms with Crippen molar-refractivity contribution in [3.05, 3.63) is 65.6 Å². The van der Waals surface area contributed by atoms with E-state index in [1.165, 1.54) is 6.08 Å². The summed E-state index contributed by atoms with van der Waals surface area (Å²) in [7, 11) is 0. The fourth-order valence-corrected chi connectivity index (χ4v) is 2.49. The number of hydrogen-bond acceptors (Lipinski definition) is 7. The summed E-state index contributed by atoms with van der Waals surface area (Å²) in [6.07, 6.45) is 3.05. The SMILES string of the molecule is Cc1ccc(C=CC(=O)OCc2nc(-c3ccc4c(c3)OCO4)no2)cc1. The molecule has 0 fully saturated rings. The molecule has 7 nitrogen and oxygen atoms in total. The van der Waals surface area contributed by atoms with Crippen LogP contribution in [-0.4, -0.2) is 22.9 Å². The zero-order chi connectivity index (χ0) is 18.6. The lowest BCUT2D eigenvalue weighted by atomic mass is 10.1. The summed E-state index contributed by atoms with van der Waals surface area (Å²) in [4.78, 5) is 16.1. The van der Waals surface area contributed by atoms with Gasteiger partial charge in [-0.05, 0) is 36.8 Å². The van der Waals surface area contributed by atoms with Crippen molar-refractivity contribution in [3.8, 4) is 22.9 Å². The molecule has 7 heteroatoms. The first-order chi connectivity index (χ1) is 13.2. The molecular weight excluding hydrogens is 348 g/mol. The molecule has 1 aromatic heterocycles. The summed E-state index contributed by atoms with van der Waals surface area (Å²) in [5, 5.41) is 3.90. The first-order valence-electron chi connectivity index (χ1n) is 8.31. The smallest absolute Gasteiger partial charge is 0.331 e. The molecule has 27 heavy (non-hydrogen) atoms. The number of esters is 1. The number of benzene rings is 2. The van der Waals surface area contributed by atoms with Crippen LogP contribution in [0.3, 0.4) is 0 Å². The maximum atomic E-state index is 11.8. The molecule has 0 saturated heterocycles. The zero-order valence-electron chi connectivity index (χ0n) is 14.5. The topological polar surface area (TPSA) is 83.7 Å². The molecule has 1 aliphatic rings. The lowest BCUT2D eigenvalue weighted by Gasteiger charge is -1.98. The maximum absolute atomic E-state index is 11.8. The number of fused-ring (bicyclic) bond motifs is 1. The lowest BCUT2D eigenvalue weighted by molar-refractivity contribution is -0.139. The molecule has 0 aliphatic carbocycles. The fourth-order valence-electron chi connectivity index (χ4n) is 2.49. The Hall–Kier alpha value is -3.61. The summed E-state index contributed by atoms with van der Waals surface area (Å²) in [5.41, 5.74) is 2.80. The predicted molar refractivity (Wildman–Crippen MR) is 95.9 cm³/mol. The molecule has 0 radical (unpaired) electrons. The van der Waals surface area contributed by atoms with Crippen molar-refractivity contribution in [1.29, 1.82) is 0 Å². The van der Waals surface area contributed by atoms with Crippen molar-refractivity contribution in [2.45, 2.75) is 13.5 Å². The molecule has 136 valence electrons. The van der Waals surface area contributed by atoms with E-state index in [-0.39, 0.29) is 19.3 Å². The highest BCUT2D eigenvalue weighted by Crippen LogP contribution is 2.35. The molecule has 2 heterocycles. The van der Waals surface area contributed by atoms with E-state index >= 15 is 0 Å². The highest BCUT2D eigenvalue weighted by molar-refractivity contribution is 5.87. The average Bonchev–Trinajstić information content (AvgIpc) is 3.34. The molecule has 0 atom stereocenters. The molecular formula is C20H16N2O5. The minimum Gasteiger partial charge on any atom is -0.454 e. The quantitative estimate of drug-likeness (QED) is 0.506. The third kappa shape index (κ3) is 3.98. The van der Waals surface area contributed by atoms with Gasteiger partial charge in [0.15, 0.2) is 18.1 Å². The Balaban J connectivity index is 1.35. The lowest BCUT2D eigenvalue weighted by Crippen LogP contribution is -2.00. The number of ether oxygens (including phenoxy) is 3. The van der Waals surface area contributed by atoms with Crippen LogP contribution in [0.1, 0.15) is 17.0 Å². The molecule has 0 bridgehead atoms. The third-order valence-electron chi connectivity index (χ3n) is 3.93. The van der Waals surface area contributed by atoms with Gasteiger partial charge in [0.25, 0.3) is 5.89 Å². The zero-order valence-corrected chi connectivity index (χ0v) is 14.5. The second kappa shape index (κ2) is 7.33. The Labute approximate surface area is 155 Å². The molecule has 0 saturated carbocycles. The van der Waals surface area contributed by atoms with Gasteiger partial charge in [0, 0.05) is 11.6 Å². The van der Waals surface area contributed by atoms with E-state index in [0.717, 1.165) is 16.7 Å². The van der Waals surface area contributed by atoms with Crippen molar-refractivity contribution in [2.24, 2.45) is 0 Å². The highest BCUT2D eigenvalue weighted by atomic mass is 16.7. The van der Waals surface area contributed by atoms with Crippen LogP contribution in [0.15, 0.2) is 53.1 Å². The van der Waals surface area contributed by atoms with Crippen molar-refractivity contribution in [1.82, 2.24) is 10.1 Å². The Morgan fingerprint density at radius 1 is 1.15 bits per heavy atom. The van der Waals surface area contributed by atoms with Gasteiger partial charge in [-0.15, -0.1) is 0 Å². The minimum atomic E-state index is -0.488. The van der Waals surface area contributed by atoms with E-state index in [9.17, 15) is 4.79 Å². The van der Waals surface area contributed by atoms with Crippen LogP contribution in [0.5, 0.6) is 11.5 Å². The van der Waals surface area contributed by atoms with Crippen LogP contribution in [-0.2, 0) is 16.1 Å². The number of aromatic nitrogens is 2. The standard InChI is InChI=1S/C20H16N2O5/c1-13-2-4-14(5-3-13)6-9-19(23)24-11-18-21-20(22-27-18)15-7-8-16-17(10-15)26-12-25-16/h2-10H,11-12H2,1H3. The van der Waals surface area contributed by atoms with E-state index in [2.05, 4.69) is 10.1 Å². The summed E-state index contributed by atoms with van der Waals surface area (Å²) in [5.74, 6) is 1.41. The van der Waals surface area contributed by atoms with E-state index in [0.29, 0.717) is 17.3 Å². The van der Waals surface area contributed by atoms with Gasteiger partial charge < -0.3 is 18.7 Å². The van der Waals surface area contributed by atoms with Crippen molar-refractivity contribution >= 4 is 12.0 Å². The molecule has 0 amide bonds. The molecule has 0 N–H and O–H groups in total. The first kappa shape index (κ1) is 16.8. The first-order valence-corrected chi connectivity index (χ1v) is 8.31. The van der Waals surface area contributed by atoms with Gasteiger partial charge in [0.2, 0.25) is 12.6 Å². The van der Waals surface area contributed by atoms with Gasteiger partial charge in [0.05, 0.1) is 0 Å². The second-order valence-electron chi connectivity index (χ2n) is 5.93. The third-order valence-corrected chi connectivity index (χ3v) is 3.93. The molecule has 2 aromatic carbocycles. The largest absolute Gasteiger partial charge is 0.454 e. The van der Waals surface area contributed by atoms with Crippen molar-refractivity contribution in [2.75, 3.05) is 6.79 Å². The van der Waals surface area contributed by atoms with Gasteiger partial charge in [-0.25, -0.2) is 4.79 Å². The van der Waals surface area contributed by atoms with Crippen molar-refractivity contribution < 1.29 is 23.5 Å². The number of rotatable bonds is 5. The molecule has 3 aromatic rings. The van der Waals surface area contributed by atoms with Crippen LogP contribution in [0.2, 0.25) is 0 Å². The van der Waals surface area contributed by atoms with Crippen LogP contribution >= 0.6 is 0 Å². The minimum absolute atomic E-state index is 0.103. The number of hydrogen-bond donors (Lipinski definition) is 0. The van der Waals surface area contributed by atoms with Crippen LogP contribution < -0.4 is 9.47 Å². The summed E-state index contributed by atoms with van der Waals surface area (Å²) in [6.45, 7) is 2.10. The maximum Gasteiger partial charge on any atom is 0.331 e. The average molecular weight is 364 g/mol. The Bertz CT molecular complexity index is 992. The number of carbonyl (C=O) groups excluding carboxylic acids is 1. The predicted octanol–water partition coefficient (Wildman–Crippen LogP) is 3.53. The number of carbonyl (C=O) groups is 1. The van der Waals surface area contributed by atoms with Gasteiger partial charge in [-0.2, -0.15) is 4.98 Å². The van der Waals surface area contributed by atoms with E-state index in [1.54, 1.807) is 24.3 Å². The molecule has 1 aliphatic heterocycles. The number of nitrogens with zero attached hydrogens (tertiary/aromatic N) is 2. The van der Waals surface area contributed by atoms with Gasteiger partial charge in [0.1, 0.15) is 0 Å². The normalized spacial score (nSPS) is 12.5. The highest BCUT2D eigenvalue weighted by Gasteiger charge is 2.16. The van der Waals surface area contributed by atoms with Gasteiger partial charge in [-0.3, -0.25) is 0 Å². The van der Waals surface area contributed by atoms with Crippen molar-refractivity contribution in [3.63, 3.8) is 0 Å². The van der Waals surface area contributed by atoms with E-state index in [1.807, 2.05) is 31.2 Å². The Morgan fingerprint density at radius 3 is 2.81 bits per heavy atom. The summed E-state index contributed by atoms with van der Waals surface area (Å²) < 4.78 is 20.9. The van der Waals surface area contributed by atoms with Gasteiger partial charge in [-0.1, -0.05) is 35.0 Å². The van der Waals surface area contributed by atoms with E-state index < -0.39 is 5.97 Å². The summed E-state index contributed by atoms with van der Waals surface area (Å²) in [6, 6.07) is 13.2. The number of aryl methyl sites for hydroxylation is 1. The van der Waals surface area contributed by atoms with E-state index in [4.69, 9.17) is 18.7 Å². The van der Waals surface area contributed by atoms with Gasteiger partial charge >= 0.3 is 5.97 Å². The summed E-state index contributed by atoms with van der Waals surface area (Å²) >= 11 is 0. The monoisotopic (exact) mass is 364 g/mol. The fraction of sp³-hybridized carbons (Fsp3) is 0.150. The Kier molecular flexibility index (Phi) is 4.57. The van der Waals surface area contributed by atoms with Crippen LogP contribution in [0, 0.1) is 6.92 Å². The molecule has 0 spiro atoms. The Morgan fingerprint density at radius 2 is 1.96 bits per heavy atom. The molecule has 4 rings (SSSR count). The van der Waals surface area contributed by atoms with Crippen LogP contribution in [0.25, 0.3) is 17.5 Å². The molecule has 0 unspecified atom stereocenters. The second-order valence-corrected chi connectivity index (χ2v) is 5.93.